The van der Waals surface area contributed by atoms with Gasteiger partial charge < -0.3 is 0 Å². The smallest absolute Gasteiger partial charge is 0.151 e. The van der Waals surface area contributed by atoms with E-state index in [9.17, 15) is 0 Å². The van der Waals surface area contributed by atoms with Crippen molar-refractivity contribution in [2.75, 3.05) is 0 Å². The molecule has 0 unspecified atom stereocenters. The lowest BCUT2D eigenvalue weighted by atomic mass is 9.78. The molecule has 0 saturated heterocycles. The molecule has 1 fully saturated rings. The molecule has 2 aliphatic rings. The lowest BCUT2D eigenvalue weighted by molar-refractivity contribution is 0.242. The van der Waals surface area contributed by atoms with Gasteiger partial charge in [-0.05, 0) is 73.1 Å². The Labute approximate surface area is 205 Å². The van der Waals surface area contributed by atoms with Crippen molar-refractivity contribution in [2.24, 2.45) is 0 Å². The first-order valence-electron chi connectivity index (χ1n) is 12.1. The summed E-state index contributed by atoms with van der Waals surface area (Å²) in [5, 5.41) is 10.2. The van der Waals surface area contributed by atoms with Crippen LogP contribution in [0.5, 0.6) is 0 Å². The zero-order chi connectivity index (χ0) is 22.9. The van der Waals surface area contributed by atoms with E-state index in [1.54, 1.807) is 0 Å². The molecule has 0 atom stereocenters. The Morgan fingerprint density at radius 3 is 2.41 bits per heavy atom. The van der Waals surface area contributed by atoms with Gasteiger partial charge in [0.05, 0.1) is 17.9 Å². The second-order valence-electron chi connectivity index (χ2n) is 9.51. The largest absolute Gasteiger partial charge is 0.286 e. The summed E-state index contributed by atoms with van der Waals surface area (Å²) in [6.45, 7) is 2.29. The molecule has 1 aliphatic heterocycles. The Balaban J connectivity index is 1.30. The van der Waals surface area contributed by atoms with Crippen molar-refractivity contribution in [3.63, 3.8) is 0 Å². The van der Waals surface area contributed by atoms with Gasteiger partial charge in [-0.15, -0.1) is 10.2 Å². The molecular formula is C28H28ClN5. The lowest BCUT2D eigenvalue weighted by Gasteiger charge is -2.28. The highest BCUT2D eigenvalue weighted by Gasteiger charge is 2.31. The minimum Gasteiger partial charge on any atom is -0.286 e. The van der Waals surface area contributed by atoms with Gasteiger partial charge in [0.25, 0.3) is 0 Å². The van der Waals surface area contributed by atoms with E-state index in [2.05, 4.69) is 63.0 Å². The number of nitrogens with zero attached hydrogens (tertiary/aromatic N) is 5. The normalized spacial score (nSPS) is 20.4. The number of hydrogen-bond acceptors (Lipinski definition) is 4. The van der Waals surface area contributed by atoms with E-state index in [1.807, 2.05) is 24.4 Å². The van der Waals surface area contributed by atoms with Crippen LogP contribution in [0.1, 0.15) is 66.0 Å². The maximum atomic E-state index is 6.43. The summed E-state index contributed by atoms with van der Waals surface area (Å²) in [7, 11) is 0. The molecule has 0 N–H and O–H groups in total. The standard InChI is InChI=1S/C28H28ClN5/c29-24-13-14-26-23(16-24)17-33(18-25-8-4-5-15-30-25)19-27-31-32-28(34(26)27)22-11-9-21(10-12-22)20-6-2-1-3-7-20/h1-8,13-16,21-22H,9-12,17-19H2. The van der Waals surface area contributed by atoms with Gasteiger partial charge in [0.2, 0.25) is 0 Å². The Morgan fingerprint density at radius 1 is 0.824 bits per heavy atom. The first-order valence-corrected chi connectivity index (χ1v) is 12.5. The van der Waals surface area contributed by atoms with Crippen molar-refractivity contribution in [2.45, 2.75) is 57.2 Å². The average molecular weight is 470 g/mol. The first kappa shape index (κ1) is 21.5. The molecule has 2 aromatic heterocycles. The third kappa shape index (κ3) is 4.26. The van der Waals surface area contributed by atoms with Crippen molar-refractivity contribution in [3.8, 4) is 5.69 Å². The summed E-state index contributed by atoms with van der Waals surface area (Å²) in [6, 6.07) is 23.2. The van der Waals surface area contributed by atoms with Gasteiger partial charge in [-0.25, -0.2) is 0 Å². The van der Waals surface area contributed by atoms with E-state index in [0.717, 1.165) is 60.5 Å². The molecule has 0 bridgehead atoms. The van der Waals surface area contributed by atoms with Crippen LogP contribution in [0.4, 0.5) is 0 Å². The molecule has 6 rings (SSSR count). The van der Waals surface area contributed by atoms with Crippen LogP contribution in [0.2, 0.25) is 5.02 Å². The zero-order valence-electron chi connectivity index (χ0n) is 19.1. The number of hydrogen-bond donors (Lipinski definition) is 0. The molecule has 6 heteroatoms. The molecule has 3 heterocycles. The predicted molar refractivity (Wildman–Crippen MR) is 134 cm³/mol. The van der Waals surface area contributed by atoms with Gasteiger partial charge >= 0.3 is 0 Å². The second kappa shape index (κ2) is 9.32. The number of benzene rings is 2. The first-order chi connectivity index (χ1) is 16.7. The highest BCUT2D eigenvalue weighted by Crippen LogP contribution is 2.41. The van der Waals surface area contributed by atoms with Crippen LogP contribution in [-0.4, -0.2) is 24.6 Å². The van der Waals surface area contributed by atoms with Crippen LogP contribution in [0.3, 0.4) is 0 Å². The minimum atomic E-state index is 0.423. The number of aromatic nitrogens is 4. The number of halogens is 1. The quantitative estimate of drug-likeness (QED) is 0.353. The average Bonchev–Trinajstić information content (AvgIpc) is 3.22. The summed E-state index contributed by atoms with van der Waals surface area (Å²) in [4.78, 5) is 6.91. The van der Waals surface area contributed by atoms with Gasteiger partial charge in [-0.3, -0.25) is 14.5 Å². The van der Waals surface area contributed by atoms with Crippen LogP contribution >= 0.6 is 11.6 Å². The molecule has 2 aromatic carbocycles. The van der Waals surface area contributed by atoms with Crippen molar-refractivity contribution < 1.29 is 0 Å². The van der Waals surface area contributed by atoms with E-state index in [4.69, 9.17) is 21.8 Å². The fraction of sp³-hybridized carbons (Fsp3) is 0.321. The molecule has 34 heavy (non-hydrogen) atoms. The highest BCUT2D eigenvalue weighted by molar-refractivity contribution is 6.30. The Hall–Kier alpha value is -3.02. The third-order valence-corrected chi connectivity index (χ3v) is 7.51. The summed E-state index contributed by atoms with van der Waals surface area (Å²) in [6.07, 6.45) is 6.51. The van der Waals surface area contributed by atoms with Crippen LogP contribution in [-0.2, 0) is 19.6 Å². The van der Waals surface area contributed by atoms with E-state index >= 15 is 0 Å². The fourth-order valence-electron chi connectivity index (χ4n) is 5.60. The van der Waals surface area contributed by atoms with Crippen molar-refractivity contribution in [1.29, 1.82) is 0 Å². The van der Waals surface area contributed by atoms with E-state index in [1.165, 1.54) is 24.0 Å². The van der Waals surface area contributed by atoms with Crippen LogP contribution < -0.4 is 0 Å². The van der Waals surface area contributed by atoms with Crippen LogP contribution in [0.25, 0.3) is 5.69 Å². The molecule has 172 valence electrons. The monoisotopic (exact) mass is 469 g/mol. The molecule has 4 aromatic rings. The summed E-state index contributed by atoms with van der Waals surface area (Å²) in [5.41, 5.74) is 4.89. The van der Waals surface area contributed by atoms with Crippen molar-refractivity contribution >= 4 is 11.6 Å². The molecule has 0 spiro atoms. The SMILES string of the molecule is Clc1ccc2c(c1)CN(Cc1ccccn1)Cc1nnc(C3CCC(c4ccccc4)CC3)n1-2. The Kier molecular flexibility index (Phi) is 5.90. The van der Waals surface area contributed by atoms with Gasteiger partial charge in [0, 0.05) is 30.2 Å². The topological polar surface area (TPSA) is 46.8 Å². The molecular weight excluding hydrogens is 442 g/mol. The van der Waals surface area contributed by atoms with Gasteiger partial charge in [0.1, 0.15) is 5.82 Å². The third-order valence-electron chi connectivity index (χ3n) is 7.27. The predicted octanol–water partition coefficient (Wildman–Crippen LogP) is 6.27. The fourth-order valence-corrected chi connectivity index (χ4v) is 5.79. The summed E-state index contributed by atoms with van der Waals surface area (Å²) in [5.74, 6) is 3.16. The maximum Gasteiger partial charge on any atom is 0.151 e. The van der Waals surface area contributed by atoms with E-state index in [-0.39, 0.29) is 0 Å². The zero-order valence-corrected chi connectivity index (χ0v) is 19.9. The second-order valence-corrected chi connectivity index (χ2v) is 9.94. The molecule has 1 saturated carbocycles. The number of pyridine rings is 1. The van der Waals surface area contributed by atoms with Crippen molar-refractivity contribution in [3.05, 3.63) is 106 Å². The molecule has 5 nitrogen and oxygen atoms in total. The summed E-state index contributed by atoms with van der Waals surface area (Å²) >= 11 is 6.43. The lowest BCUT2D eigenvalue weighted by Crippen LogP contribution is -2.22. The van der Waals surface area contributed by atoms with Gasteiger partial charge in [-0.1, -0.05) is 48.0 Å². The Morgan fingerprint density at radius 2 is 1.62 bits per heavy atom. The van der Waals surface area contributed by atoms with Gasteiger partial charge in [0.15, 0.2) is 5.82 Å². The molecule has 0 radical (unpaired) electrons. The summed E-state index contributed by atoms with van der Waals surface area (Å²) < 4.78 is 2.32. The van der Waals surface area contributed by atoms with Crippen LogP contribution in [0.15, 0.2) is 72.9 Å². The van der Waals surface area contributed by atoms with Crippen molar-refractivity contribution in [1.82, 2.24) is 24.6 Å². The molecule has 1 aliphatic carbocycles. The Bertz CT molecular complexity index is 1260. The van der Waals surface area contributed by atoms with Crippen LogP contribution in [0, 0.1) is 0 Å². The minimum absolute atomic E-state index is 0.423. The van der Waals surface area contributed by atoms with E-state index < -0.39 is 0 Å². The molecule has 0 amide bonds. The number of rotatable bonds is 4. The van der Waals surface area contributed by atoms with Gasteiger partial charge in [-0.2, -0.15) is 0 Å². The maximum absolute atomic E-state index is 6.43. The number of fused-ring (bicyclic) bond motifs is 3. The van der Waals surface area contributed by atoms with E-state index in [0.29, 0.717) is 11.8 Å². The highest BCUT2D eigenvalue weighted by atomic mass is 35.5.